The molecular weight excluding hydrogens is 376 g/mol. The molecule has 0 fully saturated rings. The fourth-order valence-corrected chi connectivity index (χ4v) is 3.44. The van der Waals surface area contributed by atoms with Crippen LogP contribution >= 0.6 is 27.3 Å². The molecule has 1 heterocycles. The molecule has 0 aliphatic carbocycles. The molecule has 1 aromatic heterocycles. The number of carbonyl (C=O) groups excluding carboxylic acids is 1. The largest absolute Gasteiger partial charge is 0.484 e. The third-order valence-corrected chi connectivity index (χ3v) is 4.75. The van der Waals surface area contributed by atoms with Gasteiger partial charge in [0.2, 0.25) is 0 Å². The second-order valence-corrected chi connectivity index (χ2v) is 6.95. The Morgan fingerprint density at radius 3 is 2.91 bits per heavy atom. The summed E-state index contributed by atoms with van der Waals surface area (Å²) in [6.45, 7) is 0.566. The van der Waals surface area contributed by atoms with Crippen LogP contribution in [0.5, 0.6) is 5.75 Å². The zero-order valence-electron chi connectivity index (χ0n) is 12.3. The Morgan fingerprint density at radius 2 is 2.09 bits per heavy atom. The SMILES string of the molecule is O=C(COc1cccc(Br)c1)NCCc1nc2ccccc2s1. The molecule has 23 heavy (non-hydrogen) atoms. The van der Waals surface area contributed by atoms with Gasteiger partial charge in [0.05, 0.1) is 15.2 Å². The average Bonchev–Trinajstić information content (AvgIpc) is 2.96. The van der Waals surface area contributed by atoms with Crippen molar-refractivity contribution < 1.29 is 9.53 Å². The number of fused-ring (bicyclic) bond motifs is 1. The number of thiazole rings is 1. The van der Waals surface area contributed by atoms with Gasteiger partial charge in [-0.2, -0.15) is 0 Å². The van der Waals surface area contributed by atoms with Crippen LogP contribution in [-0.2, 0) is 11.2 Å². The van der Waals surface area contributed by atoms with E-state index < -0.39 is 0 Å². The van der Waals surface area contributed by atoms with E-state index in [9.17, 15) is 4.79 Å². The molecule has 1 amide bonds. The number of para-hydroxylation sites is 1. The molecule has 2 aromatic carbocycles. The third-order valence-electron chi connectivity index (χ3n) is 3.17. The Labute approximate surface area is 146 Å². The lowest BCUT2D eigenvalue weighted by Crippen LogP contribution is -2.30. The summed E-state index contributed by atoms with van der Waals surface area (Å²) in [4.78, 5) is 16.3. The highest BCUT2D eigenvalue weighted by atomic mass is 79.9. The van der Waals surface area contributed by atoms with Crippen molar-refractivity contribution in [2.24, 2.45) is 0 Å². The van der Waals surface area contributed by atoms with Crippen LogP contribution in [0.1, 0.15) is 5.01 Å². The lowest BCUT2D eigenvalue weighted by Gasteiger charge is -2.07. The van der Waals surface area contributed by atoms with Crippen LogP contribution < -0.4 is 10.1 Å². The Kier molecular flexibility index (Phi) is 5.25. The van der Waals surface area contributed by atoms with E-state index in [0.29, 0.717) is 12.3 Å². The number of ether oxygens (including phenoxy) is 1. The third kappa shape index (κ3) is 4.53. The number of aromatic nitrogens is 1. The lowest BCUT2D eigenvalue weighted by atomic mass is 10.3. The molecule has 0 bridgehead atoms. The van der Waals surface area contributed by atoms with Crippen LogP contribution in [-0.4, -0.2) is 24.0 Å². The van der Waals surface area contributed by atoms with Gasteiger partial charge in [0.1, 0.15) is 5.75 Å². The van der Waals surface area contributed by atoms with Gasteiger partial charge in [-0.3, -0.25) is 4.79 Å². The van der Waals surface area contributed by atoms with Crippen LogP contribution in [0.15, 0.2) is 53.0 Å². The first-order chi connectivity index (χ1) is 11.2. The summed E-state index contributed by atoms with van der Waals surface area (Å²) in [5.41, 5.74) is 1.01. The number of hydrogen-bond donors (Lipinski definition) is 1. The molecule has 1 N–H and O–H groups in total. The van der Waals surface area contributed by atoms with Gasteiger partial charge in [-0.1, -0.05) is 34.1 Å². The average molecular weight is 391 g/mol. The van der Waals surface area contributed by atoms with Crippen molar-refractivity contribution >= 4 is 43.4 Å². The van der Waals surface area contributed by atoms with Crippen molar-refractivity contribution in [3.63, 3.8) is 0 Å². The molecule has 3 aromatic rings. The first kappa shape index (κ1) is 16.0. The molecular formula is C17H15BrN2O2S. The molecule has 0 aliphatic rings. The van der Waals surface area contributed by atoms with Crippen molar-refractivity contribution in [3.05, 3.63) is 58.0 Å². The van der Waals surface area contributed by atoms with E-state index >= 15 is 0 Å². The monoisotopic (exact) mass is 390 g/mol. The maximum atomic E-state index is 11.8. The summed E-state index contributed by atoms with van der Waals surface area (Å²) in [5.74, 6) is 0.534. The van der Waals surface area contributed by atoms with Gasteiger partial charge in [0.15, 0.2) is 6.61 Å². The van der Waals surface area contributed by atoms with Crippen molar-refractivity contribution in [2.45, 2.75) is 6.42 Å². The van der Waals surface area contributed by atoms with Gasteiger partial charge in [-0.25, -0.2) is 4.98 Å². The fraction of sp³-hybridized carbons (Fsp3) is 0.176. The van der Waals surface area contributed by atoms with Crippen molar-refractivity contribution in [3.8, 4) is 5.75 Å². The predicted molar refractivity (Wildman–Crippen MR) is 96.0 cm³/mol. The molecule has 0 aliphatic heterocycles. The van der Waals surface area contributed by atoms with Crippen LogP contribution in [0.25, 0.3) is 10.2 Å². The number of carbonyl (C=O) groups is 1. The highest BCUT2D eigenvalue weighted by Gasteiger charge is 2.05. The van der Waals surface area contributed by atoms with Crippen molar-refractivity contribution in [1.29, 1.82) is 0 Å². The number of halogens is 1. The Balaban J connectivity index is 1.44. The van der Waals surface area contributed by atoms with Crippen molar-refractivity contribution in [1.82, 2.24) is 10.3 Å². The van der Waals surface area contributed by atoms with E-state index in [2.05, 4.69) is 32.3 Å². The van der Waals surface area contributed by atoms with Gasteiger partial charge >= 0.3 is 0 Å². The summed E-state index contributed by atoms with van der Waals surface area (Å²) in [6, 6.07) is 15.5. The molecule has 4 nitrogen and oxygen atoms in total. The molecule has 3 rings (SSSR count). The van der Waals surface area contributed by atoms with Crippen LogP contribution in [0.4, 0.5) is 0 Å². The van der Waals surface area contributed by atoms with E-state index in [4.69, 9.17) is 4.74 Å². The molecule has 0 atom stereocenters. The highest BCUT2D eigenvalue weighted by Crippen LogP contribution is 2.21. The smallest absolute Gasteiger partial charge is 0.257 e. The minimum Gasteiger partial charge on any atom is -0.484 e. The van der Waals surface area contributed by atoms with Crippen LogP contribution in [0.2, 0.25) is 0 Å². The number of rotatable bonds is 6. The maximum absolute atomic E-state index is 11.8. The molecule has 0 unspecified atom stereocenters. The topological polar surface area (TPSA) is 51.2 Å². The van der Waals surface area contributed by atoms with Crippen LogP contribution in [0, 0.1) is 0 Å². The predicted octanol–water partition coefficient (Wildman–Crippen LogP) is 3.80. The van der Waals surface area contributed by atoms with Gasteiger partial charge in [0, 0.05) is 17.4 Å². The normalized spacial score (nSPS) is 10.7. The molecule has 0 spiro atoms. The number of benzene rings is 2. The highest BCUT2D eigenvalue weighted by molar-refractivity contribution is 9.10. The van der Waals surface area contributed by atoms with Crippen LogP contribution in [0.3, 0.4) is 0 Å². The zero-order valence-corrected chi connectivity index (χ0v) is 14.7. The van der Waals surface area contributed by atoms with Gasteiger partial charge < -0.3 is 10.1 Å². The summed E-state index contributed by atoms with van der Waals surface area (Å²) >= 11 is 5.03. The van der Waals surface area contributed by atoms with E-state index in [0.717, 1.165) is 21.4 Å². The number of nitrogens with one attached hydrogen (secondary N) is 1. The van der Waals surface area contributed by atoms with E-state index in [1.165, 1.54) is 4.70 Å². The zero-order chi connectivity index (χ0) is 16.1. The van der Waals surface area contributed by atoms with E-state index in [1.807, 2.05) is 42.5 Å². The van der Waals surface area contributed by atoms with Gasteiger partial charge in [-0.15, -0.1) is 11.3 Å². The second-order valence-electron chi connectivity index (χ2n) is 4.92. The summed E-state index contributed by atoms with van der Waals surface area (Å²) in [6.07, 6.45) is 0.724. The lowest BCUT2D eigenvalue weighted by molar-refractivity contribution is -0.123. The summed E-state index contributed by atoms with van der Waals surface area (Å²) < 4.78 is 7.54. The van der Waals surface area contributed by atoms with E-state index in [1.54, 1.807) is 11.3 Å². The fourth-order valence-electron chi connectivity index (χ4n) is 2.09. The molecule has 0 saturated carbocycles. The number of hydrogen-bond acceptors (Lipinski definition) is 4. The molecule has 118 valence electrons. The van der Waals surface area contributed by atoms with E-state index in [-0.39, 0.29) is 12.5 Å². The first-order valence-corrected chi connectivity index (χ1v) is 8.81. The number of nitrogens with zero attached hydrogens (tertiary/aromatic N) is 1. The Morgan fingerprint density at radius 1 is 1.22 bits per heavy atom. The van der Waals surface area contributed by atoms with Gasteiger partial charge in [-0.05, 0) is 30.3 Å². The molecule has 0 radical (unpaired) electrons. The first-order valence-electron chi connectivity index (χ1n) is 7.20. The minimum absolute atomic E-state index is 0.0102. The summed E-state index contributed by atoms with van der Waals surface area (Å²) in [5, 5.41) is 3.88. The standard InChI is InChI=1S/C17H15BrN2O2S/c18-12-4-3-5-13(10-12)22-11-16(21)19-9-8-17-20-14-6-1-2-7-15(14)23-17/h1-7,10H,8-9,11H2,(H,19,21). The quantitative estimate of drug-likeness (QED) is 0.696. The maximum Gasteiger partial charge on any atom is 0.257 e. The van der Waals surface area contributed by atoms with Gasteiger partial charge in [0.25, 0.3) is 5.91 Å². The Hall–Kier alpha value is -1.92. The summed E-state index contributed by atoms with van der Waals surface area (Å²) in [7, 11) is 0. The second kappa shape index (κ2) is 7.57. The Bertz CT molecular complexity index is 786. The molecule has 0 saturated heterocycles. The number of amides is 1. The molecule has 6 heteroatoms. The minimum atomic E-state index is -0.133. The van der Waals surface area contributed by atoms with Crippen molar-refractivity contribution in [2.75, 3.05) is 13.2 Å².